The van der Waals surface area contributed by atoms with Crippen LogP contribution in [0.15, 0.2) is 18.2 Å². The summed E-state index contributed by atoms with van der Waals surface area (Å²) in [5.74, 6) is 0.205. The van der Waals surface area contributed by atoms with Gasteiger partial charge in [-0.2, -0.15) is 0 Å². The molecule has 8 nitrogen and oxygen atoms in total. The van der Waals surface area contributed by atoms with Crippen LogP contribution in [0.3, 0.4) is 0 Å². The van der Waals surface area contributed by atoms with Crippen LogP contribution in [0.1, 0.15) is 0 Å². The molecule has 0 aliphatic heterocycles. The SMILES string of the molecule is COCNC(=O)Nc1ccc([N+](=O)[O-])cc1OC. The highest BCUT2D eigenvalue weighted by molar-refractivity contribution is 5.91. The molecule has 2 amide bonds. The summed E-state index contributed by atoms with van der Waals surface area (Å²) in [6, 6.07) is 3.40. The predicted molar refractivity (Wildman–Crippen MR) is 63.7 cm³/mol. The summed E-state index contributed by atoms with van der Waals surface area (Å²) in [5, 5.41) is 15.5. The fraction of sp³-hybridized carbons (Fsp3) is 0.300. The minimum absolute atomic E-state index is 0.0567. The highest BCUT2D eigenvalue weighted by Crippen LogP contribution is 2.28. The van der Waals surface area contributed by atoms with Gasteiger partial charge in [-0.25, -0.2) is 4.79 Å². The maximum atomic E-state index is 11.4. The summed E-state index contributed by atoms with van der Waals surface area (Å²) < 4.78 is 9.63. The van der Waals surface area contributed by atoms with Crippen LogP contribution in [0.2, 0.25) is 0 Å². The second kappa shape index (κ2) is 6.40. The number of nitro groups is 1. The normalized spacial score (nSPS) is 9.67. The van der Waals surface area contributed by atoms with Crippen molar-refractivity contribution in [3.05, 3.63) is 28.3 Å². The number of hydrogen-bond donors (Lipinski definition) is 2. The third-order valence-electron chi connectivity index (χ3n) is 2.02. The van der Waals surface area contributed by atoms with E-state index in [0.29, 0.717) is 5.69 Å². The van der Waals surface area contributed by atoms with Gasteiger partial charge in [0.25, 0.3) is 5.69 Å². The number of carbonyl (C=O) groups is 1. The van der Waals surface area contributed by atoms with E-state index in [-0.39, 0.29) is 18.2 Å². The van der Waals surface area contributed by atoms with Gasteiger partial charge in [0.15, 0.2) is 0 Å². The molecule has 8 heteroatoms. The molecule has 0 aromatic heterocycles. The van der Waals surface area contributed by atoms with Gasteiger partial charge >= 0.3 is 6.03 Å². The molecule has 18 heavy (non-hydrogen) atoms. The van der Waals surface area contributed by atoms with E-state index in [1.165, 1.54) is 32.4 Å². The van der Waals surface area contributed by atoms with Crippen LogP contribution in [0.25, 0.3) is 0 Å². The molecule has 0 aliphatic rings. The molecule has 0 atom stereocenters. The highest BCUT2D eigenvalue weighted by atomic mass is 16.6. The number of nitrogens with one attached hydrogen (secondary N) is 2. The minimum atomic E-state index is -0.544. The van der Waals surface area contributed by atoms with Crippen molar-refractivity contribution in [2.75, 3.05) is 26.3 Å². The van der Waals surface area contributed by atoms with Gasteiger partial charge in [-0.15, -0.1) is 0 Å². The van der Waals surface area contributed by atoms with E-state index in [2.05, 4.69) is 15.4 Å². The molecule has 2 N–H and O–H groups in total. The van der Waals surface area contributed by atoms with Crippen molar-refractivity contribution in [3.8, 4) is 5.75 Å². The van der Waals surface area contributed by atoms with E-state index in [0.717, 1.165) is 0 Å². The first-order chi connectivity index (χ1) is 8.58. The van der Waals surface area contributed by atoms with Crippen molar-refractivity contribution >= 4 is 17.4 Å². The van der Waals surface area contributed by atoms with Crippen LogP contribution in [-0.2, 0) is 4.74 Å². The van der Waals surface area contributed by atoms with Crippen LogP contribution in [0, 0.1) is 10.1 Å². The van der Waals surface area contributed by atoms with Gasteiger partial charge in [0.2, 0.25) is 0 Å². The Bertz CT molecular complexity index is 449. The van der Waals surface area contributed by atoms with Crippen molar-refractivity contribution in [3.63, 3.8) is 0 Å². The highest BCUT2D eigenvalue weighted by Gasteiger charge is 2.12. The minimum Gasteiger partial charge on any atom is -0.494 e. The first kappa shape index (κ1) is 13.7. The molecule has 1 rings (SSSR count). The smallest absolute Gasteiger partial charge is 0.321 e. The average Bonchev–Trinajstić information content (AvgIpc) is 2.36. The number of ether oxygens (including phenoxy) is 2. The Morgan fingerprint density at radius 3 is 2.72 bits per heavy atom. The standard InChI is InChI=1S/C10H13N3O5/c1-17-6-11-10(14)12-8-4-3-7(13(15)16)5-9(8)18-2/h3-5H,6H2,1-2H3,(H2,11,12,14). The molecule has 0 saturated heterocycles. The summed E-state index contributed by atoms with van der Waals surface area (Å²) in [7, 11) is 2.80. The Morgan fingerprint density at radius 2 is 2.17 bits per heavy atom. The third kappa shape index (κ3) is 3.59. The number of rotatable bonds is 5. The van der Waals surface area contributed by atoms with Gasteiger partial charge in [-0.3, -0.25) is 10.1 Å². The van der Waals surface area contributed by atoms with Gasteiger partial charge in [0.05, 0.1) is 23.8 Å². The lowest BCUT2D eigenvalue weighted by molar-refractivity contribution is -0.384. The number of amides is 2. The number of nitro benzene ring substituents is 1. The Balaban J connectivity index is 2.82. The molecule has 0 bridgehead atoms. The lowest BCUT2D eigenvalue weighted by atomic mass is 10.2. The zero-order valence-electron chi connectivity index (χ0n) is 9.93. The molecule has 1 aromatic carbocycles. The summed E-state index contributed by atoms with van der Waals surface area (Å²) in [4.78, 5) is 21.4. The second-order valence-electron chi connectivity index (χ2n) is 3.21. The molecule has 0 fully saturated rings. The maximum Gasteiger partial charge on any atom is 0.321 e. The zero-order valence-corrected chi connectivity index (χ0v) is 9.93. The van der Waals surface area contributed by atoms with Gasteiger partial charge in [-0.05, 0) is 6.07 Å². The largest absolute Gasteiger partial charge is 0.494 e. The van der Waals surface area contributed by atoms with E-state index in [1.54, 1.807) is 0 Å². The van der Waals surface area contributed by atoms with Crippen LogP contribution >= 0.6 is 0 Å². The number of urea groups is 1. The number of hydrogen-bond acceptors (Lipinski definition) is 5. The van der Waals surface area contributed by atoms with E-state index in [4.69, 9.17) is 4.74 Å². The second-order valence-corrected chi connectivity index (χ2v) is 3.21. The lowest BCUT2D eigenvalue weighted by Gasteiger charge is -2.10. The molecule has 0 aliphatic carbocycles. The summed E-state index contributed by atoms with van der Waals surface area (Å²) in [5.41, 5.74) is 0.214. The summed E-state index contributed by atoms with van der Waals surface area (Å²) >= 11 is 0. The van der Waals surface area contributed by atoms with Crippen molar-refractivity contribution < 1.29 is 19.2 Å². The molecule has 0 heterocycles. The monoisotopic (exact) mass is 255 g/mol. The summed E-state index contributed by atoms with van der Waals surface area (Å²) in [6.07, 6.45) is 0. The fourth-order valence-electron chi connectivity index (χ4n) is 1.20. The molecule has 1 aromatic rings. The molecule has 0 unspecified atom stereocenters. The Morgan fingerprint density at radius 1 is 1.44 bits per heavy atom. The van der Waals surface area contributed by atoms with Gasteiger partial charge in [0, 0.05) is 13.2 Å². The Kier molecular flexibility index (Phi) is 4.88. The van der Waals surface area contributed by atoms with E-state index in [9.17, 15) is 14.9 Å². The molecular formula is C10H13N3O5. The van der Waals surface area contributed by atoms with Crippen molar-refractivity contribution in [2.45, 2.75) is 0 Å². The quantitative estimate of drug-likeness (QED) is 0.469. The van der Waals surface area contributed by atoms with Gasteiger partial charge < -0.3 is 20.1 Å². The van der Waals surface area contributed by atoms with Gasteiger partial charge in [-0.1, -0.05) is 0 Å². The number of non-ortho nitro benzene ring substituents is 1. The predicted octanol–water partition coefficient (Wildman–Crippen LogP) is 1.33. The molecular weight excluding hydrogens is 242 g/mol. The number of nitrogens with zero attached hydrogens (tertiary/aromatic N) is 1. The maximum absolute atomic E-state index is 11.4. The molecule has 0 saturated carbocycles. The van der Waals surface area contributed by atoms with Crippen LogP contribution in [0.4, 0.5) is 16.2 Å². The average molecular weight is 255 g/mol. The van der Waals surface area contributed by atoms with Crippen molar-refractivity contribution in [1.82, 2.24) is 5.32 Å². The topological polar surface area (TPSA) is 103 Å². The number of benzene rings is 1. The number of carbonyl (C=O) groups excluding carboxylic acids is 1. The van der Waals surface area contributed by atoms with Crippen LogP contribution < -0.4 is 15.4 Å². The molecule has 98 valence electrons. The fourth-order valence-corrected chi connectivity index (χ4v) is 1.20. The van der Waals surface area contributed by atoms with E-state index < -0.39 is 11.0 Å². The number of anilines is 1. The van der Waals surface area contributed by atoms with Gasteiger partial charge in [0.1, 0.15) is 12.5 Å². The third-order valence-corrected chi connectivity index (χ3v) is 2.02. The first-order valence-electron chi connectivity index (χ1n) is 4.94. The summed E-state index contributed by atoms with van der Waals surface area (Å²) in [6.45, 7) is 0.0567. The first-order valence-corrected chi connectivity index (χ1v) is 4.94. The number of methoxy groups -OCH3 is 2. The van der Waals surface area contributed by atoms with Crippen LogP contribution in [-0.4, -0.2) is 31.9 Å². The van der Waals surface area contributed by atoms with Crippen LogP contribution in [0.5, 0.6) is 5.75 Å². The van der Waals surface area contributed by atoms with E-state index >= 15 is 0 Å². The Hall–Kier alpha value is -2.35. The Labute approximate surface area is 103 Å². The molecule has 0 radical (unpaired) electrons. The zero-order chi connectivity index (χ0) is 13.5. The lowest BCUT2D eigenvalue weighted by Crippen LogP contribution is -2.30. The van der Waals surface area contributed by atoms with Crippen molar-refractivity contribution in [1.29, 1.82) is 0 Å². The molecule has 0 spiro atoms. The van der Waals surface area contributed by atoms with E-state index in [1.807, 2.05) is 0 Å². The van der Waals surface area contributed by atoms with Crippen molar-refractivity contribution in [2.24, 2.45) is 0 Å².